The Morgan fingerprint density at radius 1 is 1.04 bits per heavy atom. The summed E-state index contributed by atoms with van der Waals surface area (Å²) in [5.74, 6) is 0.779. The van der Waals surface area contributed by atoms with E-state index in [9.17, 15) is 5.11 Å². The van der Waals surface area contributed by atoms with Crippen molar-refractivity contribution in [2.24, 2.45) is 0 Å². The molecule has 0 saturated carbocycles. The molecule has 4 nitrogen and oxygen atoms in total. The zero-order valence-electron chi connectivity index (χ0n) is 15.3. The molecule has 1 atom stereocenters. The van der Waals surface area contributed by atoms with E-state index in [2.05, 4.69) is 40.1 Å². The maximum Gasteiger partial charge on any atom is 0.122 e. The predicted octanol–water partition coefficient (Wildman–Crippen LogP) is 3.21. The Balaban J connectivity index is 1.38. The number of aliphatic hydroxyl groups excluding tert-OH is 1. The van der Waals surface area contributed by atoms with Crippen LogP contribution in [0.2, 0.25) is 5.02 Å². The van der Waals surface area contributed by atoms with Gasteiger partial charge in [-0.15, -0.1) is 0 Å². The number of piperazine rings is 1. The number of hydrogen-bond acceptors (Lipinski definition) is 4. The van der Waals surface area contributed by atoms with Gasteiger partial charge in [0.25, 0.3) is 0 Å². The molecule has 2 aromatic carbocycles. The van der Waals surface area contributed by atoms with Gasteiger partial charge in [-0.2, -0.15) is 0 Å². The fourth-order valence-electron chi connectivity index (χ4n) is 3.28. The van der Waals surface area contributed by atoms with Crippen LogP contribution in [0.25, 0.3) is 0 Å². The molecule has 1 saturated heterocycles. The third-order valence-corrected chi connectivity index (χ3v) is 4.99. The first-order chi connectivity index (χ1) is 12.6. The quantitative estimate of drug-likeness (QED) is 0.807. The molecule has 0 amide bonds. The Morgan fingerprint density at radius 2 is 1.73 bits per heavy atom. The lowest BCUT2D eigenvalue weighted by Gasteiger charge is -2.35. The standard InChI is InChI=1S/C21H27ClN2O2/c1-17-13-19(22)7-8-21(17)26-16-20(25)15-24-11-9-23(10-12-24)14-18-5-3-2-4-6-18/h2-8,13,20,25H,9-12,14-16H2,1H3. The van der Waals surface area contributed by atoms with Crippen molar-refractivity contribution in [2.45, 2.75) is 19.6 Å². The molecule has 5 heteroatoms. The molecule has 1 heterocycles. The zero-order chi connectivity index (χ0) is 18.4. The summed E-state index contributed by atoms with van der Waals surface area (Å²) in [6, 6.07) is 16.1. The number of β-amino-alcohol motifs (C(OH)–C–C–N with tert-alkyl or cyclic N) is 1. The topological polar surface area (TPSA) is 35.9 Å². The largest absolute Gasteiger partial charge is 0.491 e. The summed E-state index contributed by atoms with van der Waals surface area (Å²) in [6.07, 6.45) is -0.495. The zero-order valence-corrected chi connectivity index (χ0v) is 16.0. The Kier molecular flexibility index (Phi) is 6.92. The molecule has 3 rings (SSSR count). The van der Waals surface area contributed by atoms with Gasteiger partial charge in [-0.05, 0) is 36.2 Å². The van der Waals surface area contributed by atoms with E-state index < -0.39 is 6.10 Å². The third-order valence-electron chi connectivity index (χ3n) is 4.75. The van der Waals surface area contributed by atoms with E-state index in [4.69, 9.17) is 16.3 Å². The van der Waals surface area contributed by atoms with Gasteiger partial charge in [0, 0.05) is 44.3 Å². The van der Waals surface area contributed by atoms with E-state index in [0.717, 1.165) is 44.0 Å². The van der Waals surface area contributed by atoms with Crippen LogP contribution in [-0.2, 0) is 6.54 Å². The third kappa shape index (κ3) is 5.71. The summed E-state index contributed by atoms with van der Waals surface area (Å²) in [6.45, 7) is 7.90. The number of ether oxygens (including phenoxy) is 1. The second kappa shape index (κ2) is 9.38. The Bertz CT molecular complexity index is 688. The highest BCUT2D eigenvalue weighted by Gasteiger charge is 2.19. The molecule has 1 fully saturated rings. The molecular weight excluding hydrogens is 348 g/mol. The van der Waals surface area contributed by atoms with Crippen molar-refractivity contribution in [2.75, 3.05) is 39.3 Å². The summed E-state index contributed by atoms with van der Waals surface area (Å²) in [7, 11) is 0. The van der Waals surface area contributed by atoms with E-state index in [1.807, 2.05) is 25.1 Å². The van der Waals surface area contributed by atoms with Crippen molar-refractivity contribution in [3.8, 4) is 5.75 Å². The average molecular weight is 375 g/mol. The SMILES string of the molecule is Cc1cc(Cl)ccc1OCC(O)CN1CCN(Cc2ccccc2)CC1. The number of benzene rings is 2. The number of nitrogens with zero attached hydrogens (tertiary/aromatic N) is 2. The molecule has 26 heavy (non-hydrogen) atoms. The Labute approximate surface area is 160 Å². The smallest absolute Gasteiger partial charge is 0.122 e. The lowest BCUT2D eigenvalue weighted by molar-refractivity contribution is 0.0445. The molecule has 2 aromatic rings. The summed E-state index contributed by atoms with van der Waals surface area (Å²) >= 11 is 5.96. The fourth-order valence-corrected chi connectivity index (χ4v) is 3.51. The average Bonchev–Trinajstić information content (AvgIpc) is 2.63. The van der Waals surface area contributed by atoms with Crippen LogP contribution in [0.1, 0.15) is 11.1 Å². The number of halogens is 1. The monoisotopic (exact) mass is 374 g/mol. The first-order valence-corrected chi connectivity index (χ1v) is 9.53. The van der Waals surface area contributed by atoms with Gasteiger partial charge in [0.1, 0.15) is 18.5 Å². The predicted molar refractivity (Wildman–Crippen MR) is 106 cm³/mol. The molecule has 0 radical (unpaired) electrons. The van der Waals surface area contributed by atoms with Gasteiger partial charge < -0.3 is 9.84 Å². The van der Waals surface area contributed by atoms with Crippen LogP contribution in [-0.4, -0.2) is 60.3 Å². The van der Waals surface area contributed by atoms with E-state index >= 15 is 0 Å². The molecule has 0 aromatic heterocycles. The van der Waals surface area contributed by atoms with Gasteiger partial charge in [-0.1, -0.05) is 41.9 Å². The van der Waals surface area contributed by atoms with Gasteiger partial charge in [0.05, 0.1) is 0 Å². The molecule has 1 unspecified atom stereocenters. The van der Waals surface area contributed by atoms with Gasteiger partial charge in [0.2, 0.25) is 0 Å². The van der Waals surface area contributed by atoms with Crippen molar-refractivity contribution in [3.05, 3.63) is 64.7 Å². The highest BCUT2D eigenvalue weighted by atomic mass is 35.5. The van der Waals surface area contributed by atoms with Gasteiger partial charge >= 0.3 is 0 Å². The minimum absolute atomic E-state index is 0.298. The maximum absolute atomic E-state index is 10.3. The van der Waals surface area contributed by atoms with Gasteiger partial charge in [-0.25, -0.2) is 0 Å². The molecule has 0 aliphatic carbocycles. The van der Waals surface area contributed by atoms with Crippen LogP contribution >= 0.6 is 11.6 Å². The fraction of sp³-hybridized carbons (Fsp3) is 0.429. The second-order valence-corrected chi connectivity index (χ2v) is 7.37. The van der Waals surface area contributed by atoms with Crippen LogP contribution in [0.3, 0.4) is 0 Å². The molecule has 0 bridgehead atoms. The van der Waals surface area contributed by atoms with Crippen LogP contribution in [0.4, 0.5) is 0 Å². The van der Waals surface area contributed by atoms with Crippen molar-refractivity contribution >= 4 is 11.6 Å². The maximum atomic E-state index is 10.3. The van der Waals surface area contributed by atoms with Gasteiger partial charge in [0.15, 0.2) is 0 Å². The number of aryl methyl sites for hydroxylation is 1. The van der Waals surface area contributed by atoms with Crippen LogP contribution in [0, 0.1) is 6.92 Å². The van der Waals surface area contributed by atoms with Crippen molar-refractivity contribution in [1.29, 1.82) is 0 Å². The van der Waals surface area contributed by atoms with Crippen molar-refractivity contribution < 1.29 is 9.84 Å². The molecular formula is C21H27ClN2O2. The second-order valence-electron chi connectivity index (χ2n) is 6.94. The minimum atomic E-state index is -0.495. The summed E-state index contributed by atoms with van der Waals surface area (Å²) in [5, 5.41) is 11.0. The van der Waals surface area contributed by atoms with E-state index in [1.54, 1.807) is 0 Å². The van der Waals surface area contributed by atoms with Crippen molar-refractivity contribution in [1.82, 2.24) is 9.80 Å². The lowest BCUT2D eigenvalue weighted by atomic mass is 10.2. The summed E-state index contributed by atoms with van der Waals surface area (Å²) in [5.41, 5.74) is 2.34. The first kappa shape index (κ1) is 19.2. The molecule has 1 N–H and O–H groups in total. The Morgan fingerprint density at radius 3 is 2.42 bits per heavy atom. The number of aliphatic hydroxyl groups is 1. The van der Waals surface area contributed by atoms with Crippen LogP contribution in [0.15, 0.2) is 48.5 Å². The van der Waals surface area contributed by atoms with E-state index in [1.165, 1.54) is 5.56 Å². The van der Waals surface area contributed by atoms with Crippen molar-refractivity contribution in [3.63, 3.8) is 0 Å². The van der Waals surface area contributed by atoms with Gasteiger partial charge in [-0.3, -0.25) is 9.80 Å². The highest BCUT2D eigenvalue weighted by Crippen LogP contribution is 2.22. The molecule has 1 aliphatic rings. The minimum Gasteiger partial charge on any atom is -0.491 e. The molecule has 0 spiro atoms. The lowest BCUT2D eigenvalue weighted by Crippen LogP contribution is -2.48. The number of rotatable bonds is 7. The summed E-state index contributed by atoms with van der Waals surface area (Å²) in [4.78, 5) is 4.77. The summed E-state index contributed by atoms with van der Waals surface area (Å²) < 4.78 is 5.75. The van der Waals surface area contributed by atoms with E-state index in [-0.39, 0.29) is 0 Å². The Hall–Kier alpha value is -1.59. The molecule has 140 valence electrons. The normalized spacial score (nSPS) is 17.2. The highest BCUT2D eigenvalue weighted by molar-refractivity contribution is 6.30. The first-order valence-electron chi connectivity index (χ1n) is 9.16. The van der Waals surface area contributed by atoms with E-state index in [0.29, 0.717) is 18.2 Å². The van der Waals surface area contributed by atoms with Crippen LogP contribution in [0.5, 0.6) is 5.75 Å². The number of hydrogen-bond donors (Lipinski definition) is 1. The molecule has 1 aliphatic heterocycles. The van der Waals surface area contributed by atoms with Crippen LogP contribution < -0.4 is 4.74 Å².